The number of halogens is 6. The maximum absolute atomic E-state index is 13.0. The van der Waals surface area contributed by atoms with E-state index in [0.29, 0.717) is 29.8 Å². The van der Waals surface area contributed by atoms with Crippen molar-refractivity contribution in [3.8, 4) is 0 Å². The molecule has 1 amide bonds. The summed E-state index contributed by atoms with van der Waals surface area (Å²) in [7, 11) is 1.52. The zero-order valence-electron chi connectivity index (χ0n) is 16.4. The number of alkyl halides is 6. The maximum Gasteiger partial charge on any atom is 0.430 e. The second-order valence-electron chi connectivity index (χ2n) is 7.35. The van der Waals surface area contributed by atoms with E-state index in [2.05, 4.69) is 5.32 Å². The number of nitrogens with one attached hydrogen (secondary N) is 1. The molecule has 4 nitrogen and oxygen atoms in total. The first-order valence-corrected chi connectivity index (χ1v) is 9.43. The van der Waals surface area contributed by atoms with Crippen LogP contribution in [-0.2, 0) is 18.6 Å². The van der Waals surface area contributed by atoms with Crippen molar-refractivity contribution >= 4 is 11.6 Å². The van der Waals surface area contributed by atoms with Gasteiger partial charge in [0.05, 0.1) is 0 Å². The predicted octanol–water partition coefficient (Wildman–Crippen LogP) is 4.31. The van der Waals surface area contributed by atoms with Crippen LogP contribution in [0.3, 0.4) is 0 Å². The first-order valence-electron chi connectivity index (χ1n) is 9.43. The molecule has 0 radical (unpaired) electrons. The predicted molar refractivity (Wildman–Crippen MR) is 102 cm³/mol. The third-order valence-corrected chi connectivity index (χ3v) is 5.35. The van der Waals surface area contributed by atoms with Gasteiger partial charge in [0.25, 0.3) is 11.5 Å². The van der Waals surface area contributed by atoms with Gasteiger partial charge in [-0.25, -0.2) is 0 Å². The van der Waals surface area contributed by atoms with Gasteiger partial charge in [-0.2, -0.15) is 26.3 Å². The second kappa shape index (κ2) is 8.07. The summed E-state index contributed by atoms with van der Waals surface area (Å²) in [6.07, 6.45) is -10.3. The van der Waals surface area contributed by atoms with Gasteiger partial charge in [0.1, 0.15) is 0 Å². The van der Waals surface area contributed by atoms with Crippen molar-refractivity contribution in [1.82, 2.24) is 5.32 Å². The molecule has 2 N–H and O–H groups in total. The summed E-state index contributed by atoms with van der Waals surface area (Å²) in [5.74, 6) is -0.225. The van der Waals surface area contributed by atoms with Gasteiger partial charge >= 0.3 is 12.4 Å². The number of aryl methyl sites for hydroxylation is 1. The number of rotatable bonds is 4. The minimum absolute atomic E-state index is 0.225. The third kappa shape index (κ3) is 4.21. The van der Waals surface area contributed by atoms with E-state index in [4.69, 9.17) is 0 Å². The molecule has 2 aromatic carbocycles. The highest BCUT2D eigenvalue weighted by Gasteiger charge is 2.71. The number of carbonyl (C=O) groups is 1. The third-order valence-electron chi connectivity index (χ3n) is 5.35. The molecule has 31 heavy (non-hydrogen) atoms. The topological polar surface area (TPSA) is 52.6 Å². The quantitative estimate of drug-likeness (QED) is 0.689. The van der Waals surface area contributed by atoms with Crippen LogP contribution in [0.15, 0.2) is 42.5 Å². The van der Waals surface area contributed by atoms with Gasteiger partial charge in [0.15, 0.2) is 0 Å². The van der Waals surface area contributed by atoms with Crippen LogP contribution in [0.25, 0.3) is 0 Å². The molecule has 0 saturated carbocycles. The molecular formula is C21H20F6N2O2. The first kappa shape index (κ1) is 22.9. The summed E-state index contributed by atoms with van der Waals surface area (Å²) < 4.78 is 78.2. The Hall–Kier alpha value is -2.75. The molecule has 3 rings (SSSR count). The molecule has 0 atom stereocenters. The molecule has 0 bridgehead atoms. The lowest BCUT2D eigenvalue weighted by Gasteiger charge is -2.33. The van der Waals surface area contributed by atoms with Crippen LogP contribution < -0.4 is 10.2 Å². The number of benzene rings is 2. The highest BCUT2D eigenvalue weighted by molar-refractivity contribution is 5.94. The van der Waals surface area contributed by atoms with E-state index in [-0.39, 0.29) is 12.5 Å². The summed E-state index contributed by atoms with van der Waals surface area (Å²) >= 11 is 0. The summed E-state index contributed by atoms with van der Waals surface area (Å²) in [6.45, 7) is 0.895. The van der Waals surface area contributed by atoms with Crippen molar-refractivity contribution in [1.29, 1.82) is 0 Å². The number of anilines is 1. The molecule has 1 heterocycles. The molecule has 1 aliphatic heterocycles. The maximum atomic E-state index is 13.0. The molecule has 0 spiro atoms. The van der Waals surface area contributed by atoms with Crippen LogP contribution in [0.1, 0.15) is 33.5 Å². The summed E-state index contributed by atoms with van der Waals surface area (Å²) in [5.41, 5.74) is -3.44. The molecule has 1 aliphatic rings. The van der Waals surface area contributed by atoms with Crippen LogP contribution in [0, 0.1) is 0 Å². The molecule has 0 aliphatic carbocycles. The number of amides is 1. The average Bonchev–Trinajstić information content (AvgIpc) is 2.71. The Morgan fingerprint density at radius 2 is 1.65 bits per heavy atom. The largest absolute Gasteiger partial charge is 0.430 e. The van der Waals surface area contributed by atoms with Gasteiger partial charge in [-0.05, 0) is 42.2 Å². The molecule has 2 aromatic rings. The van der Waals surface area contributed by atoms with E-state index in [1.807, 2.05) is 4.90 Å². The lowest BCUT2D eigenvalue weighted by atomic mass is 9.91. The van der Waals surface area contributed by atoms with Crippen LogP contribution in [0.2, 0.25) is 0 Å². The van der Waals surface area contributed by atoms with Gasteiger partial charge < -0.3 is 15.3 Å². The molecule has 0 aromatic heterocycles. The van der Waals surface area contributed by atoms with Gasteiger partial charge in [0.2, 0.25) is 0 Å². The SMILES string of the molecule is CNC(=O)c1ccc2c(c1)CCCN2Cc1ccc(C(O)(C(F)(F)F)C(F)(F)F)cc1. The number of carbonyl (C=O) groups excluding carboxylic acids is 1. The van der Waals surface area contributed by atoms with Crippen LogP contribution in [0.5, 0.6) is 0 Å². The zero-order valence-corrected chi connectivity index (χ0v) is 16.4. The van der Waals surface area contributed by atoms with Gasteiger partial charge in [-0.1, -0.05) is 24.3 Å². The summed E-state index contributed by atoms with van der Waals surface area (Å²) in [4.78, 5) is 13.8. The number of aliphatic hydroxyl groups is 1. The van der Waals surface area contributed by atoms with Crippen LogP contribution >= 0.6 is 0 Å². The first-order chi connectivity index (χ1) is 14.4. The normalized spacial score (nSPS) is 14.9. The molecule has 0 fully saturated rings. The minimum Gasteiger partial charge on any atom is -0.369 e. The van der Waals surface area contributed by atoms with Crippen molar-refractivity contribution < 1.29 is 36.2 Å². The van der Waals surface area contributed by atoms with Gasteiger partial charge in [-0.3, -0.25) is 4.79 Å². The molecular weight excluding hydrogens is 426 g/mol. The monoisotopic (exact) mass is 446 g/mol. The van der Waals surface area contributed by atoms with Crippen LogP contribution in [0.4, 0.5) is 32.0 Å². The summed E-state index contributed by atoms with van der Waals surface area (Å²) in [6, 6.07) is 8.79. The van der Waals surface area contributed by atoms with Crippen molar-refractivity contribution in [3.05, 3.63) is 64.7 Å². The standard InChI is InChI=1S/C21H20F6N2O2/c1-28-18(30)15-6-9-17-14(11-15)3-2-10-29(17)12-13-4-7-16(8-5-13)19(31,20(22,23)24)21(25,26)27/h4-9,11,31H,2-3,10,12H2,1H3,(H,28,30). The Morgan fingerprint density at radius 1 is 1.03 bits per heavy atom. The lowest BCUT2D eigenvalue weighted by Crippen LogP contribution is -2.53. The second-order valence-corrected chi connectivity index (χ2v) is 7.35. The molecule has 10 heteroatoms. The summed E-state index contributed by atoms with van der Waals surface area (Å²) in [5, 5.41) is 12.0. The zero-order chi connectivity index (χ0) is 23.0. The molecule has 0 unspecified atom stereocenters. The Balaban J connectivity index is 1.85. The fraction of sp³-hybridized carbons (Fsp3) is 0.381. The van der Waals surface area contributed by atoms with E-state index < -0.39 is 23.5 Å². The lowest BCUT2D eigenvalue weighted by molar-refractivity contribution is -0.376. The minimum atomic E-state index is -5.92. The van der Waals surface area contributed by atoms with E-state index in [9.17, 15) is 36.2 Å². The highest BCUT2D eigenvalue weighted by Crippen LogP contribution is 2.50. The van der Waals surface area contributed by atoms with E-state index >= 15 is 0 Å². The van der Waals surface area contributed by atoms with Crippen LogP contribution in [-0.4, -0.2) is 37.0 Å². The Bertz CT molecular complexity index is 940. The average molecular weight is 446 g/mol. The molecule has 168 valence electrons. The fourth-order valence-corrected chi connectivity index (χ4v) is 3.68. The van der Waals surface area contributed by atoms with E-state index in [1.54, 1.807) is 18.2 Å². The Kier molecular flexibility index (Phi) is 5.96. The fourth-order valence-electron chi connectivity index (χ4n) is 3.68. The smallest absolute Gasteiger partial charge is 0.369 e. The van der Waals surface area contributed by atoms with Gasteiger partial charge in [-0.15, -0.1) is 0 Å². The Labute approximate surface area is 174 Å². The molecule has 0 saturated heterocycles. The Morgan fingerprint density at radius 3 is 2.19 bits per heavy atom. The van der Waals surface area contributed by atoms with Crippen molar-refractivity contribution in [2.45, 2.75) is 37.3 Å². The van der Waals surface area contributed by atoms with E-state index in [1.165, 1.54) is 7.05 Å². The van der Waals surface area contributed by atoms with E-state index in [0.717, 1.165) is 36.2 Å². The number of nitrogens with zero attached hydrogens (tertiary/aromatic N) is 1. The van der Waals surface area contributed by atoms with Crippen molar-refractivity contribution in [2.75, 3.05) is 18.5 Å². The van der Waals surface area contributed by atoms with Gasteiger partial charge in [0, 0.05) is 37.0 Å². The number of hydrogen-bond donors (Lipinski definition) is 2. The number of hydrogen-bond acceptors (Lipinski definition) is 3. The van der Waals surface area contributed by atoms with Crippen molar-refractivity contribution in [3.63, 3.8) is 0 Å². The van der Waals surface area contributed by atoms with Crippen molar-refractivity contribution in [2.24, 2.45) is 0 Å². The number of fused-ring (bicyclic) bond motifs is 1. The highest BCUT2D eigenvalue weighted by atomic mass is 19.4.